The number of hydrogen-bond acceptors (Lipinski definition) is 4. The van der Waals surface area contributed by atoms with Crippen LogP contribution in [0.4, 0.5) is 0 Å². The minimum atomic E-state index is -0.656. The highest BCUT2D eigenvalue weighted by atomic mass is 16.4. The van der Waals surface area contributed by atoms with Gasteiger partial charge >= 0.3 is 5.63 Å². The molecule has 0 aliphatic heterocycles. The van der Waals surface area contributed by atoms with Crippen LogP contribution in [0.15, 0.2) is 39.5 Å². The Bertz CT molecular complexity index is 722. The van der Waals surface area contributed by atoms with E-state index in [2.05, 4.69) is 5.32 Å². The Kier molecular flexibility index (Phi) is 3.75. The van der Waals surface area contributed by atoms with Gasteiger partial charge in [-0.15, -0.1) is 0 Å². The number of benzene rings is 1. The van der Waals surface area contributed by atoms with Crippen LogP contribution in [-0.4, -0.2) is 23.2 Å². The van der Waals surface area contributed by atoms with Crippen LogP contribution in [-0.2, 0) is 0 Å². The molecule has 0 saturated heterocycles. The van der Waals surface area contributed by atoms with Gasteiger partial charge in [-0.3, -0.25) is 4.79 Å². The first-order chi connectivity index (χ1) is 10.1. The van der Waals surface area contributed by atoms with Gasteiger partial charge in [0, 0.05) is 5.39 Å². The highest BCUT2D eigenvalue weighted by Crippen LogP contribution is 2.19. The fourth-order valence-electron chi connectivity index (χ4n) is 2.75. The van der Waals surface area contributed by atoms with Gasteiger partial charge in [-0.1, -0.05) is 31.0 Å². The second-order valence-electron chi connectivity index (χ2n) is 5.42. The van der Waals surface area contributed by atoms with Crippen molar-refractivity contribution in [2.24, 2.45) is 0 Å². The van der Waals surface area contributed by atoms with Crippen LogP contribution in [0.3, 0.4) is 0 Å². The average molecular weight is 287 g/mol. The molecule has 1 aromatic carbocycles. The quantitative estimate of drug-likeness (QED) is 0.826. The van der Waals surface area contributed by atoms with Crippen LogP contribution >= 0.6 is 0 Å². The van der Waals surface area contributed by atoms with Gasteiger partial charge < -0.3 is 14.8 Å². The third-order valence-corrected chi connectivity index (χ3v) is 3.93. The van der Waals surface area contributed by atoms with Gasteiger partial charge in [0.15, 0.2) is 0 Å². The highest BCUT2D eigenvalue weighted by molar-refractivity contribution is 5.96. The van der Waals surface area contributed by atoms with E-state index in [0.29, 0.717) is 17.4 Å². The summed E-state index contributed by atoms with van der Waals surface area (Å²) in [5.41, 5.74) is -0.222. The SMILES string of the molecule is O=C(N[C@H]1CCCC[C@@H]1O)c1cc2ccccc2oc1=O. The number of aliphatic hydroxyl groups excluding tert-OH is 1. The fraction of sp³-hybridized carbons (Fsp3) is 0.375. The van der Waals surface area contributed by atoms with Crippen molar-refractivity contribution in [2.45, 2.75) is 37.8 Å². The van der Waals surface area contributed by atoms with Crippen molar-refractivity contribution in [1.29, 1.82) is 0 Å². The second kappa shape index (κ2) is 5.69. The first kappa shape index (κ1) is 13.8. The van der Waals surface area contributed by atoms with E-state index in [9.17, 15) is 14.7 Å². The summed E-state index contributed by atoms with van der Waals surface area (Å²) in [5.74, 6) is -0.486. The predicted molar refractivity (Wildman–Crippen MR) is 78.2 cm³/mol. The smallest absolute Gasteiger partial charge is 0.349 e. The average Bonchev–Trinajstić information content (AvgIpc) is 2.49. The molecule has 2 aromatic rings. The highest BCUT2D eigenvalue weighted by Gasteiger charge is 2.26. The molecular formula is C16H17NO4. The molecule has 0 bridgehead atoms. The van der Waals surface area contributed by atoms with Gasteiger partial charge in [-0.25, -0.2) is 4.79 Å². The van der Waals surface area contributed by atoms with Crippen LogP contribution in [0.1, 0.15) is 36.0 Å². The standard InChI is InChI=1S/C16H17NO4/c18-13-7-3-2-6-12(13)17-15(19)11-9-10-5-1-4-8-14(10)21-16(11)20/h1,4-5,8-9,12-13,18H,2-3,6-7H2,(H,17,19)/t12-,13-/m0/s1. The van der Waals surface area contributed by atoms with E-state index in [0.717, 1.165) is 19.3 Å². The summed E-state index contributed by atoms with van der Waals surface area (Å²) in [7, 11) is 0. The van der Waals surface area contributed by atoms with E-state index in [-0.39, 0.29) is 11.6 Å². The molecule has 1 aliphatic rings. The molecular weight excluding hydrogens is 270 g/mol. The van der Waals surface area contributed by atoms with E-state index < -0.39 is 17.6 Å². The summed E-state index contributed by atoms with van der Waals surface area (Å²) in [6.45, 7) is 0. The molecule has 21 heavy (non-hydrogen) atoms. The monoisotopic (exact) mass is 287 g/mol. The van der Waals surface area contributed by atoms with Gasteiger partial charge in [0.05, 0.1) is 12.1 Å². The van der Waals surface area contributed by atoms with E-state index >= 15 is 0 Å². The summed E-state index contributed by atoms with van der Waals surface area (Å²) in [6, 6.07) is 8.29. The molecule has 3 rings (SSSR count). The molecule has 1 aromatic heterocycles. The number of carbonyl (C=O) groups excluding carboxylic acids is 1. The van der Waals surface area contributed by atoms with Crippen molar-refractivity contribution in [2.75, 3.05) is 0 Å². The minimum Gasteiger partial charge on any atom is -0.422 e. The second-order valence-corrected chi connectivity index (χ2v) is 5.42. The van der Waals surface area contributed by atoms with E-state index in [1.807, 2.05) is 6.07 Å². The van der Waals surface area contributed by atoms with E-state index in [4.69, 9.17) is 4.42 Å². The molecule has 1 amide bonds. The molecule has 5 nitrogen and oxygen atoms in total. The van der Waals surface area contributed by atoms with Crippen molar-refractivity contribution >= 4 is 16.9 Å². The zero-order chi connectivity index (χ0) is 14.8. The topological polar surface area (TPSA) is 79.5 Å². The molecule has 0 radical (unpaired) electrons. The largest absolute Gasteiger partial charge is 0.422 e. The van der Waals surface area contributed by atoms with Crippen molar-refractivity contribution in [3.05, 3.63) is 46.3 Å². The van der Waals surface area contributed by atoms with Gasteiger partial charge in [0.25, 0.3) is 5.91 Å². The Morgan fingerprint density at radius 3 is 2.81 bits per heavy atom. The first-order valence-electron chi connectivity index (χ1n) is 7.17. The van der Waals surface area contributed by atoms with Gasteiger partial charge in [0.1, 0.15) is 11.1 Å². The molecule has 110 valence electrons. The zero-order valence-electron chi connectivity index (χ0n) is 11.5. The number of rotatable bonds is 2. The van der Waals surface area contributed by atoms with Gasteiger partial charge in [0.2, 0.25) is 0 Å². The van der Waals surface area contributed by atoms with Crippen molar-refractivity contribution in [3.63, 3.8) is 0 Å². The summed E-state index contributed by atoms with van der Waals surface area (Å²) < 4.78 is 5.15. The number of nitrogens with one attached hydrogen (secondary N) is 1. The Hall–Kier alpha value is -2.14. The van der Waals surface area contributed by atoms with Crippen LogP contribution in [0.25, 0.3) is 11.0 Å². The molecule has 1 fully saturated rings. The van der Waals surface area contributed by atoms with Crippen LogP contribution in [0.2, 0.25) is 0 Å². The van der Waals surface area contributed by atoms with Gasteiger partial charge in [-0.05, 0) is 25.0 Å². The van der Waals surface area contributed by atoms with Gasteiger partial charge in [-0.2, -0.15) is 0 Å². The maximum absolute atomic E-state index is 12.2. The maximum atomic E-state index is 12.2. The van der Waals surface area contributed by atoms with Crippen LogP contribution in [0.5, 0.6) is 0 Å². The fourth-order valence-corrected chi connectivity index (χ4v) is 2.75. The normalized spacial score (nSPS) is 22.1. The summed E-state index contributed by atoms with van der Waals surface area (Å²) >= 11 is 0. The zero-order valence-corrected chi connectivity index (χ0v) is 11.5. The number of aliphatic hydroxyl groups is 1. The number of amides is 1. The number of fused-ring (bicyclic) bond motifs is 1. The Morgan fingerprint density at radius 1 is 1.24 bits per heavy atom. The molecule has 1 saturated carbocycles. The van der Waals surface area contributed by atoms with Crippen molar-refractivity contribution in [3.8, 4) is 0 Å². The minimum absolute atomic E-state index is 0.0218. The number of carbonyl (C=O) groups is 1. The van der Waals surface area contributed by atoms with Crippen LogP contribution < -0.4 is 10.9 Å². The summed E-state index contributed by atoms with van der Waals surface area (Å²) in [5, 5.41) is 13.3. The van der Waals surface area contributed by atoms with Crippen LogP contribution in [0, 0.1) is 0 Å². The number of hydrogen-bond donors (Lipinski definition) is 2. The Balaban J connectivity index is 1.87. The molecule has 1 heterocycles. The lowest BCUT2D eigenvalue weighted by molar-refractivity contribution is 0.0715. The lowest BCUT2D eigenvalue weighted by Gasteiger charge is -2.28. The molecule has 0 spiro atoms. The van der Waals surface area contributed by atoms with Crippen molar-refractivity contribution in [1.82, 2.24) is 5.32 Å². The molecule has 2 atom stereocenters. The first-order valence-corrected chi connectivity index (χ1v) is 7.17. The van der Waals surface area contributed by atoms with E-state index in [1.54, 1.807) is 18.2 Å². The third-order valence-electron chi connectivity index (χ3n) is 3.93. The molecule has 5 heteroatoms. The Labute approximate surface area is 121 Å². The predicted octanol–water partition coefficient (Wildman–Crippen LogP) is 1.83. The lowest BCUT2D eigenvalue weighted by Crippen LogP contribution is -2.46. The molecule has 1 aliphatic carbocycles. The summed E-state index contributed by atoms with van der Waals surface area (Å²) in [6.07, 6.45) is 2.79. The van der Waals surface area contributed by atoms with E-state index in [1.165, 1.54) is 6.07 Å². The lowest BCUT2D eigenvalue weighted by atomic mass is 9.92. The van der Waals surface area contributed by atoms with Crippen molar-refractivity contribution < 1.29 is 14.3 Å². The molecule has 0 unspecified atom stereocenters. The Morgan fingerprint density at radius 2 is 2.00 bits per heavy atom. The third kappa shape index (κ3) is 2.83. The summed E-state index contributed by atoms with van der Waals surface area (Å²) in [4.78, 5) is 24.1. The molecule has 2 N–H and O–H groups in total. The number of para-hydroxylation sites is 1. The maximum Gasteiger partial charge on any atom is 0.349 e.